The molecule has 3 N–H and O–H groups in total. The van der Waals surface area contributed by atoms with Crippen molar-refractivity contribution >= 4 is 34.2 Å². The van der Waals surface area contributed by atoms with E-state index in [1.807, 2.05) is 31.2 Å². The van der Waals surface area contributed by atoms with E-state index in [1.54, 1.807) is 0 Å². The summed E-state index contributed by atoms with van der Waals surface area (Å²) in [5.41, 5.74) is 6.26. The van der Waals surface area contributed by atoms with E-state index in [9.17, 15) is 4.79 Å². The van der Waals surface area contributed by atoms with Crippen molar-refractivity contribution in [2.75, 3.05) is 6.54 Å². The Bertz CT molecular complexity index is 333. The van der Waals surface area contributed by atoms with Crippen molar-refractivity contribution in [2.24, 2.45) is 5.73 Å². The zero-order chi connectivity index (χ0) is 10.6. The molecule has 0 spiro atoms. The van der Waals surface area contributed by atoms with Crippen LogP contribution in [0.5, 0.6) is 0 Å². The van der Waals surface area contributed by atoms with Crippen LogP contribution < -0.4 is 11.1 Å². The molecular formula is C10H14BrClN2O. The topological polar surface area (TPSA) is 55.1 Å². The predicted molar refractivity (Wildman–Crippen MR) is 67.0 cm³/mol. The lowest BCUT2D eigenvalue weighted by atomic mass is 10.1. The third kappa shape index (κ3) is 4.20. The number of carbonyl (C=O) groups excluding carboxylic acids is 1. The fourth-order valence-corrected chi connectivity index (χ4v) is 1.83. The van der Waals surface area contributed by atoms with Gasteiger partial charge in [0.2, 0.25) is 5.91 Å². The molecule has 0 bridgehead atoms. The van der Waals surface area contributed by atoms with Crippen LogP contribution >= 0.6 is 28.3 Å². The molecule has 0 radical (unpaired) electrons. The Labute approximate surface area is 104 Å². The first-order chi connectivity index (χ1) is 6.65. The molecule has 0 aliphatic heterocycles. The Kier molecular flexibility index (Phi) is 6.56. The van der Waals surface area contributed by atoms with Gasteiger partial charge in [0.1, 0.15) is 0 Å². The van der Waals surface area contributed by atoms with E-state index in [2.05, 4.69) is 21.2 Å². The lowest BCUT2D eigenvalue weighted by Gasteiger charge is -2.14. The number of rotatable bonds is 3. The first-order valence-electron chi connectivity index (χ1n) is 4.39. The number of carbonyl (C=O) groups is 1. The highest BCUT2D eigenvalue weighted by atomic mass is 79.9. The summed E-state index contributed by atoms with van der Waals surface area (Å²) in [4.78, 5) is 11.1. The summed E-state index contributed by atoms with van der Waals surface area (Å²) in [7, 11) is 0. The van der Waals surface area contributed by atoms with Gasteiger partial charge in [-0.25, -0.2) is 0 Å². The Morgan fingerprint density at radius 3 is 2.67 bits per heavy atom. The summed E-state index contributed by atoms with van der Waals surface area (Å²) in [6.07, 6.45) is 0. The lowest BCUT2D eigenvalue weighted by Crippen LogP contribution is -2.32. The first kappa shape index (κ1) is 14.4. The van der Waals surface area contributed by atoms with Crippen molar-refractivity contribution in [3.63, 3.8) is 0 Å². The van der Waals surface area contributed by atoms with Crippen LogP contribution in [0.2, 0.25) is 0 Å². The molecule has 0 aliphatic rings. The molecular weight excluding hydrogens is 279 g/mol. The van der Waals surface area contributed by atoms with E-state index < -0.39 is 0 Å². The smallest absolute Gasteiger partial charge is 0.234 e. The third-order valence-electron chi connectivity index (χ3n) is 1.93. The predicted octanol–water partition coefficient (Wildman–Crippen LogP) is 2.01. The van der Waals surface area contributed by atoms with Crippen molar-refractivity contribution in [1.82, 2.24) is 5.32 Å². The summed E-state index contributed by atoms with van der Waals surface area (Å²) < 4.78 is 0.991. The maximum absolute atomic E-state index is 11.1. The van der Waals surface area contributed by atoms with Crippen LogP contribution in [0.25, 0.3) is 0 Å². The lowest BCUT2D eigenvalue weighted by molar-refractivity contribution is -0.120. The van der Waals surface area contributed by atoms with E-state index in [1.165, 1.54) is 0 Å². The number of amides is 1. The average molecular weight is 294 g/mol. The van der Waals surface area contributed by atoms with E-state index in [-0.39, 0.29) is 30.9 Å². The number of hydrogen-bond donors (Lipinski definition) is 2. The average Bonchev–Trinajstić information content (AvgIpc) is 2.18. The van der Waals surface area contributed by atoms with Crippen molar-refractivity contribution in [3.8, 4) is 0 Å². The summed E-state index contributed by atoms with van der Waals surface area (Å²) in [5, 5.41) is 2.79. The molecule has 0 fully saturated rings. The van der Waals surface area contributed by atoms with Gasteiger partial charge in [0.25, 0.3) is 0 Å². The highest BCUT2D eigenvalue weighted by Gasteiger charge is 2.10. The second-order valence-electron chi connectivity index (χ2n) is 3.01. The molecule has 1 aromatic rings. The zero-order valence-electron chi connectivity index (χ0n) is 8.37. The molecule has 0 aromatic heterocycles. The molecule has 0 saturated heterocycles. The first-order valence-corrected chi connectivity index (χ1v) is 5.18. The van der Waals surface area contributed by atoms with Crippen molar-refractivity contribution in [3.05, 3.63) is 34.3 Å². The van der Waals surface area contributed by atoms with Gasteiger partial charge in [0, 0.05) is 4.47 Å². The SMILES string of the molecule is CC(NC(=O)CN)c1ccccc1Br.Cl. The molecule has 1 atom stereocenters. The van der Waals surface area contributed by atoms with E-state index in [0.717, 1.165) is 10.0 Å². The fourth-order valence-electron chi connectivity index (χ4n) is 1.20. The maximum Gasteiger partial charge on any atom is 0.234 e. The van der Waals surface area contributed by atoms with Crippen molar-refractivity contribution in [1.29, 1.82) is 0 Å². The summed E-state index contributed by atoms with van der Waals surface area (Å²) in [6, 6.07) is 7.75. The second-order valence-corrected chi connectivity index (χ2v) is 3.87. The number of halogens is 2. The summed E-state index contributed by atoms with van der Waals surface area (Å²) >= 11 is 3.43. The highest BCUT2D eigenvalue weighted by Crippen LogP contribution is 2.22. The van der Waals surface area contributed by atoms with Gasteiger partial charge in [-0.1, -0.05) is 34.1 Å². The minimum absolute atomic E-state index is 0. The molecule has 15 heavy (non-hydrogen) atoms. The quantitative estimate of drug-likeness (QED) is 0.896. The van der Waals surface area contributed by atoms with E-state index >= 15 is 0 Å². The van der Waals surface area contributed by atoms with Crippen LogP contribution in [0.4, 0.5) is 0 Å². The molecule has 1 unspecified atom stereocenters. The number of nitrogens with one attached hydrogen (secondary N) is 1. The maximum atomic E-state index is 11.1. The van der Waals surface area contributed by atoms with Crippen molar-refractivity contribution < 1.29 is 4.79 Å². The van der Waals surface area contributed by atoms with Gasteiger partial charge in [-0.15, -0.1) is 12.4 Å². The minimum Gasteiger partial charge on any atom is -0.348 e. The van der Waals surface area contributed by atoms with Gasteiger partial charge >= 0.3 is 0 Å². The van der Waals surface area contributed by atoms with Crippen LogP contribution in [0.1, 0.15) is 18.5 Å². The minimum atomic E-state index is -0.145. The van der Waals surface area contributed by atoms with Crippen LogP contribution in [-0.4, -0.2) is 12.5 Å². The molecule has 0 saturated carbocycles. The van der Waals surface area contributed by atoms with E-state index in [0.29, 0.717) is 0 Å². The molecule has 3 nitrogen and oxygen atoms in total. The molecule has 1 aromatic carbocycles. The summed E-state index contributed by atoms with van der Waals surface area (Å²) in [5.74, 6) is -0.145. The normalized spacial score (nSPS) is 11.4. The second kappa shape index (κ2) is 6.82. The molecule has 1 amide bonds. The highest BCUT2D eigenvalue weighted by molar-refractivity contribution is 9.10. The Hall–Kier alpha value is -0.580. The van der Waals surface area contributed by atoms with Gasteiger partial charge in [-0.05, 0) is 18.6 Å². The van der Waals surface area contributed by atoms with Crippen LogP contribution in [0, 0.1) is 0 Å². The van der Waals surface area contributed by atoms with Gasteiger partial charge in [-0.2, -0.15) is 0 Å². The Morgan fingerprint density at radius 1 is 1.53 bits per heavy atom. The standard InChI is InChI=1S/C10H13BrN2O.ClH/c1-7(13-10(14)6-12)8-4-2-3-5-9(8)11;/h2-5,7H,6,12H2,1H3,(H,13,14);1H. The zero-order valence-corrected chi connectivity index (χ0v) is 10.8. The molecule has 0 aliphatic carbocycles. The van der Waals surface area contributed by atoms with Crippen LogP contribution in [0.15, 0.2) is 28.7 Å². The molecule has 84 valence electrons. The van der Waals surface area contributed by atoms with E-state index in [4.69, 9.17) is 5.73 Å². The van der Waals surface area contributed by atoms with Gasteiger partial charge in [0.15, 0.2) is 0 Å². The Balaban J connectivity index is 0.00000196. The monoisotopic (exact) mass is 292 g/mol. The van der Waals surface area contributed by atoms with Gasteiger partial charge < -0.3 is 11.1 Å². The fraction of sp³-hybridized carbons (Fsp3) is 0.300. The number of hydrogen-bond acceptors (Lipinski definition) is 2. The molecule has 1 rings (SSSR count). The number of benzene rings is 1. The van der Waals surface area contributed by atoms with Crippen molar-refractivity contribution in [2.45, 2.75) is 13.0 Å². The number of nitrogens with two attached hydrogens (primary N) is 1. The largest absolute Gasteiger partial charge is 0.348 e. The molecule has 5 heteroatoms. The Morgan fingerprint density at radius 2 is 2.13 bits per heavy atom. The summed E-state index contributed by atoms with van der Waals surface area (Å²) in [6.45, 7) is 1.95. The van der Waals surface area contributed by atoms with Crippen LogP contribution in [-0.2, 0) is 4.79 Å². The molecule has 0 heterocycles. The third-order valence-corrected chi connectivity index (χ3v) is 2.66. The van der Waals surface area contributed by atoms with Gasteiger partial charge in [0.05, 0.1) is 12.6 Å². The van der Waals surface area contributed by atoms with Crippen LogP contribution in [0.3, 0.4) is 0 Å². The van der Waals surface area contributed by atoms with Gasteiger partial charge in [-0.3, -0.25) is 4.79 Å².